The second-order valence-corrected chi connectivity index (χ2v) is 7.19. The van der Waals surface area contributed by atoms with Crippen molar-refractivity contribution in [1.82, 2.24) is 5.32 Å². The van der Waals surface area contributed by atoms with Gasteiger partial charge in [-0.3, -0.25) is 4.79 Å². The van der Waals surface area contributed by atoms with Gasteiger partial charge >= 0.3 is 0 Å². The van der Waals surface area contributed by atoms with Crippen LogP contribution in [0.15, 0.2) is 29.4 Å². The van der Waals surface area contributed by atoms with E-state index in [1.807, 2.05) is 0 Å². The minimum absolute atomic E-state index is 0.0400. The summed E-state index contributed by atoms with van der Waals surface area (Å²) in [6.45, 7) is 6.13. The molecule has 2 heterocycles. The summed E-state index contributed by atoms with van der Waals surface area (Å²) in [5.41, 5.74) is 2.91. The molecule has 5 nitrogen and oxygen atoms in total. The third kappa shape index (κ3) is 4.21. The lowest BCUT2D eigenvalue weighted by atomic mass is 9.74. The molecular weight excluding hydrogens is 316 g/mol. The summed E-state index contributed by atoms with van der Waals surface area (Å²) in [4.78, 5) is 18.5. The lowest BCUT2D eigenvalue weighted by molar-refractivity contribution is -0.140. The average molecular weight is 344 g/mol. The number of carbonyl (C=O) groups is 1. The molecule has 1 saturated heterocycles. The van der Waals surface area contributed by atoms with Crippen LogP contribution in [0.2, 0.25) is 0 Å². The van der Waals surface area contributed by atoms with E-state index in [1.54, 1.807) is 0 Å². The van der Waals surface area contributed by atoms with E-state index >= 15 is 0 Å². The topological polar surface area (TPSA) is 59.9 Å². The molecule has 2 aliphatic rings. The van der Waals surface area contributed by atoms with Crippen molar-refractivity contribution in [2.75, 3.05) is 19.8 Å². The highest BCUT2D eigenvalue weighted by molar-refractivity contribution is 6.01. The maximum absolute atomic E-state index is 12.8. The predicted octanol–water partition coefficient (Wildman–Crippen LogP) is 3.20. The zero-order valence-corrected chi connectivity index (χ0v) is 15.2. The first kappa shape index (κ1) is 17.9. The van der Waals surface area contributed by atoms with Crippen LogP contribution in [0.3, 0.4) is 0 Å². The van der Waals surface area contributed by atoms with Crippen molar-refractivity contribution in [1.29, 1.82) is 0 Å². The number of hydrogen-bond donors (Lipinski definition) is 1. The summed E-state index contributed by atoms with van der Waals surface area (Å²) < 4.78 is 5.50. The summed E-state index contributed by atoms with van der Waals surface area (Å²) >= 11 is 0. The van der Waals surface area contributed by atoms with Gasteiger partial charge in [0.25, 0.3) is 0 Å². The van der Waals surface area contributed by atoms with Crippen LogP contribution in [-0.2, 0) is 14.4 Å². The van der Waals surface area contributed by atoms with E-state index in [1.165, 1.54) is 5.56 Å². The second-order valence-electron chi connectivity index (χ2n) is 7.19. The van der Waals surface area contributed by atoms with Crippen LogP contribution in [0, 0.1) is 12.3 Å². The normalized spacial score (nSPS) is 22.2. The van der Waals surface area contributed by atoms with E-state index in [-0.39, 0.29) is 12.0 Å². The number of carbonyl (C=O) groups excluding carboxylic acids is 1. The maximum atomic E-state index is 12.8. The zero-order valence-electron chi connectivity index (χ0n) is 15.2. The summed E-state index contributed by atoms with van der Waals surface area (Å²) in [5.74, 6) is 0.144. The molecule has 0 bridgehead atoms. The van der Waals surface area contributed by atoms with Crippen LogP contribution < -0.4 is 5.32 Å². The highest BCUT2D eigenvalue weighted by atomic mass is 16.6. The van der Waals surface area contributed by atoms with Crippen LogP contribution in [0.5, 0.6) is 0 Å². The first-order valence-corrected chi connectivity index (χ1v) is 9.29. The molecule has 5 heteroatoms. The number of rotatable bonds is 6. The van der Waals surface area contributed by atoms with Gasteiger partial charge in [-0.2, -0.15) is 0 Å². The number of nitrogens with one attached hydrogen (secondary N) is 1. The monoisotopic (exact) mass is 344 g/mol. The predicted molar refractivity (Wildman–Crippen MR) is 97.6 cm³/mol. The molecule has 1 atom stereocenters. The Bertz CT molecular complexity index is 618. The Labute approximate surface area is 149 Å². The van der Waals surface area contributed by atoms with Gasteiger partial charge in [0.15, 0.2) is 0 Å². The number of amides is 1. The molecule has 0 aliphatic carbocycles. The van der Waals surface area contributed by atoms with Crippen LogP contribution in [0.1, 0.15) is 50.2 Å². The van der Waals surface area contributed by atoms with Crippen molar-refractivity contribution < 1.29 is 14.4 Å². The Morgan fingerprint density at radius 1 is 1.28 bits per heavy atom. The number of nitrogens with zero attached hydrogens (tertiary/aromatic N) is 1. The highest BCUT2D eigenvalue weighted by Crippen LogP contribution is 2.38. The van der Waals surface area contributed by atoms with Gasteiger partial charge in [-0.25, -0.2) is 0 Å². The van der Waals surface area contributed by atoms with E-state index in [0.717, 1.165) is 43.5 Å². The van der Waals surface area contributed by atoms with Crippen molar-refractivity contribution >= 4 is 11.6 Å². The summed E-state index contributed by atoms with van der Waals surface area (Å²) in [5, 5.41) is 7.37. The first-order valence-electron chi connectivity index (χ1n) is 9.29. The third-order valence-electron chi connectivity index (χ3n) is 5.20. The molecule has 25 heavy (non-hydrogen) atoms. The van der Waals surface area contributed by atoms with Crippen LogP contribution >= 0.6 is 0 Å². The molecule has 3 rings (SSSR count). The van der Waals surface area contributed by atoms with Gasteiger partial charge in [-0.05, 0) is 31.7 Å². The molecule has 1 fully saturated rings. The fraction of sp³-hybridized carbons (Fsp3) is 0.600. The number of benzene rings is 1. The van der Waals surface area contributed by atoms with E-state index in [4.69, 9.17) is 9.57 Å². The number of ether oxygens (including phenoxy) is 1. The van der Waals surface area contributed by atoms with E-state index in [0.29, 0.717) is 19.6 Å². The summed E-state index contributed by atoms with van der Waals surface area (Å²) in [6, 6.07) is 8.34. The van der Waals surface area contributed by atoms with Gasteiger partial charge in [0, 0.05) is 32.6 Å². The number of aryl methyl sites for hydroxylation is 1. The minimum Gasteiger partial charge on any atom is -0.392 e. The van der Waals surface area contributed by atoms with Gasteiger partial charge in [0.05, 0.1) is 11.1 Å². The van der Waals surface area contributed by atoms with Crippen molar-refractivity contribution in [3.05, 3.63) is 35.4 Å². The van der Waals surface area contributed by atoms with Crippen LogP contribution in [0.4, 0.5) is 0 Å². The quantitative estimate of drug-likeness (QED) is 0.862. The zero-order chi connectivity index (χ0) is 17.7. The van der Waals surface area contributed by atoms with Crippen molar-refractivity contribution in [3.63, 3.8) is 0 Å². The maximum Gasteiger partial charge on any atom is 0.226 e. The molecule has 1 aromatic rings. The minimum atomic E-state index is -0.393. The Morgan fingerprint density at radius 2 is 2.00 bits per heavy atom. The molecule has 0 saturated carbocycles. The molecule has 1 amide bonds. The van der Waals surface area contributed by atoms with E-state index < -0.39 is 5.41 Å². The molecule has 0 radical (unpaired) electrons. The van der Waals surface area contributed by atoms with Gasteiger partial charge in [0.2, 0.25) is 5.91 Å². The lowest BCUT2D eigenvalue weighted by Gasteiger charge is -2.36. The van der Waals surface area contributed by atoms with Gasteiger partial charge in [0.1, 0.15) is 6.10 Å². The smallest absolute Gasteiger partial charge is 0.226 e. The molecule has 0 aromatic heterocycles. The molecule has 1 N–H and O–H groups in total. The molecular formula is C20H28N2O3. The average Bonchev–Trinajstić information content (AvgIpc) is 3.09. The van der Waals surface area contributed by atoms with Crippen molar-refractivity contribution in [2.24, 2.45) is 10.6 Å². The first-order chi connectivity index (χ1) is 12.1. The van der Waals surface area contributed by atoms with Gasteiger partial charge in [-0.15, -0.1) is 0 Å². The number of oxime groups is 1. The Morgan fingerprint density at radius 3 is 2.68 bits per heavy atom. The summed E-state index contributed by atoms with van der Waals surface area (Å²) in [7, 11) is 0. The van der Waals surface area contributed by atoms with E-state index in [2.05, 4.69) is 48.6 Å². The van der Waals surface area contributed by atoms with Crippen molar-refractivity contribution in [3.8, 4) is 0 Å². The van der Waals surface area contributed by atoms with Crippen LogP contribution in [0.25, 0.3) is 0 Å². The van der Waals surface area contributed by atoms with Crippen LogP contribution in [-0.4, -0.2) is 37.5 Å². The second kappa shape index (κ2) is 8.00. The Hall–Kier alpha value is -1.88. The van der Waals surface area contributed by atoms with Crippen molar-refractivity contribution in [2.45, 2.75) is 52.1 Å². The molecule has 2 aliphatic heterocycles. The molecule has 136 valence electrons. The lowest BCUT2D eigenvalue weighted by Crippen LogP contribution is -2.46. The molecule has 0 unspecified atom stereocenters. The standard InChI is InChI=1S/C20H28N2O3/c1-3-10-21-19(23)20(8-11-24-12-9-20)14-17-13-18(22-25-17)16-6-4-15(2)5-7-16/h4-7,17H,3,8-14H2,1-2H3,(H,21,23)/t17-/m1/s1. The molecule has 0 spiro atoms. The van der Waals surface area contributed by atoms with Gasteiger partial charge < -0.3 is 14.9 Å². The Kier molecular flexibility index (Phi) is 5.74. The molecule has 1 aromatic carbocycles. The third-order valence-corrected chi connectivity index (χ3v) is 5.20. The van der Waals surface area contributed by atoms with E-state index in [9.17, 15) is 4.79 Å². The highest BCUT2D eigenvalue weighted by Gasteiger charge is 2.43. The fourth-order valence-electron chi connectivity index (χ4n) is 3.60. The largest absolute Gasteiger partial charge is 0.392 e. The SMILES string of the molecule is CCCNC(=O)C1(C[C@H]2CC(c3ccc(C)cc3)=NO2)CCOCC1. The van der Waals surface area contributed by atoms with Gasteiger partial charge in [-0.1, -0.05) is 41.9 Å². The number of hydrogen-bond acceptors (Lipinski definition) is 4. The Balaban J connectivity index is 1.65. The summed E-state index contributed by atoms with van der Waals surface area (Å²) in [6.07, 6.45) is 3.86. The fourth-order valence-corrected chi connectivity index (χ4v) is 3.60.